The number of ether oxygens (including phenoxy) is 1. The summed E-state index contributed by atoms with van der Waals surface area (Å²) in [5.74, 6) is -5.42. The number of anilines is 4. The number of phenols is 2. The summed E-state index contributed by atoms with van der Waals surface area (Å²) in [6, 6.07) is 23.7. The highest BCUT2D eigenvalue weighted by molar-refractivity contribution is 6.06. The molecule has 0 spiro atoms. The van der Waals surface area contributed by atoms with Crippen molar-refractivity contribution in [2.24, 2.45) is 0 Å². The van der Waals surface area contributed by atoms with Crippen molar-refractivity contribution >= 4 is 46.4 Å². The highest BCUT2D eigenvalue weighted by atomic mass is 19.4. The number of aromatic hydroxyl groups is 2. The fraction of sp³-hybridized carbons (Fsp3) is 0.193. The molecule has 0 atom stereocenters. The molecule has 0 aliphatic carbocycles. The van der Waals surface area contributed by atoms with Crippen molar-refractivity contribution in [3.63, 3.8) is 0 Å². The number of alkyl halides is 12. The number of nitrogens with one attached hydrogen (secondary N) is 4. The maximum atomic E-state index is 15.2. The fourth-order valence-corrected chi connectivity index (χ4v) is 8.53. The van der Waals surface area contributed by atoms with Crippen LogP contribution < -0.4 is 26.0 Å². The Hall–Kier alpha value is -9.02. The average Bonchev–Trinajstić information content (AvgIpc) is 3.52. The van der Waals surface area contributed by atoms with Crippen molar-refractivity contribution in [1.29, 1.82) is 0 Å². The lowest BCUT2D eigenvalue weighted by Crippen LogP contribution is -2.54. The molecular formula is C57H46F12N4O7. The third-order valence-electron chi connectivity index (χ3n) is 12.5. The average molecular weight is 1130 g/mol. The SMILES string of the molecule is CC.CC(=O)Nc1cc(C(c2ccc(C)c(NC(=O)c3ccc(Oc4ccc(C(=O)Nc5cc(C(c6ccc(C)c(NC(=O)c7ccccc7)c6)(C(F)(F)F)C(F)(F)F)ccc5O)cc4)cc3)c2)(C(F)(F)F)C(F)(F)F)ccc1O. The molecule has 0 radical (unpaired) electrons. The first-order valence-electron chi connectivity index (χ1n) is 23.7. The van der Waals surface area contributed by atoms with Gasteiger partial charge < -0.3 is 36.2 Å². The summed E-state index contributed by atoms with van der Waals surface area (Å²) < 4.78 is 187. The molecule has 0 fully saturated rings. The van der Waals surface area contributed by atoms with Crippen LogP contribution >= 0.6 is 0 Å². The second-order valence-corrected chi connectivity index (χ2v) is 17.6. The Kier molecular flexibility index (Phi) is 17.4. The second-order valence-electron chi connectivity index (χ2n) is 17.6. The monoisotopic (exact) mass is 1130 g/mol. The quantitative estimate of drug-likeness (QED) is 0.0494. The van der Waals surface area contributed by atoms with Crippen LogP contribution in [0, 0.1) is 13.8 Å². The zero-order chi connectivity index (χ0) is 59.3. The number of hydrogen-bond donors (Lipinski definition) is 6. The van der Waals surface area contributed by atoms with Crippen molar-refractivity contribution in [2.45, 2.75) is 70.2 Å². The predicted molar refractivity (Wildman–Crippen MR) is 273 cm³/mol. The number of carbonyl (C=O) groups is 4. The second kappa shape index (κ2) is 23.1. The number of phenolic OH excluding ortho intramolecular Hbond substituents is 2. The van der Waals surface area contributed by atoms with Crippen LogP contribution in [0.2, 0.25) is 0 Å². The van der Waals surface area contributed by atoms with E-state index in [9.17, 15) is 29.4 Å². The molecule has 11 nitrogen and oxygen atoms in total. The summed E-state index contributed by atoms with van der Waals surface area (Å²) in [4.78, 5) is 51.3. The Morgan fingerprint density at radius 1 is 0.388 bits per heavy atom. The first kappa shape index (κ1) is 60.2. The van der Waals surface area contributed by atoms with Crippen LogP contribution in [0.5, 0.6) is 23.0 Å². The maximum absolute atomic E-state index is 15.2. The molecule has 0 heterocycles. The first-order valence-corrected chi connectivity index (χ1v) is 23.7. The first-order chi connectivity index (χ1) is 37.4. The van der Waals surface area contributed by atoms with Gasteiger partial charge in [0.25, 0.3) is 17.7 Å². The summed E-state index contributed by atoms with van der Waals surface area (Å²) in [5, 5.41) is 29.5. The van der Waals surface area contributed by atoms with Gasteiger partial charge in [0.2, 0.25) is 16.7 Å². The maximum Gasteiger partial charge on any atom is 0.411 e. The molecule has 0 aromatic heterocycles. The predicted octanol–water partition coefficient (Wildman–Crippen LogP) is 15.1. The molecule has 23 heteroatoms. The van der Waals surface area contributed by atoms with Gasteiger partial charge in [0, 0.05) is 35.0 Å². The van der Waals surface area contributed by atoms with Crippen LogP contribution in [0.4, 0.5) is 75.4 Å². The Balaban J connectivity index is 0.00000510. The number of benzene rings is 7. The van der Waals surface area contributed by atoms with Crippen molar-refractivity contribution in [1.82, 2.24) is 0 Å². The zero-order valence-electron chi connectivity index (χ0n) is 42.4. The number of halogens is 12. The van der Waals surface area contributed by atoms with Crippen LogP contribution in [0.3, 0.4) is 0 Å². The van der Waals surface area contributed by atoms with E-state index >= 15 is 52.7 Å². The van der Waals surface area contributed by atoms with Gasteiger partial charge in [-0.15, -0.1) is 0 Å². The van der Waals surface area contributed by atoms with Crippen LogP contribution in [0.1, 0.15) is 85.2 Å². The summed E-state index contributed by atoms with van der Waals surface area (Å²) in [6.45, 7) is 7.59. The molecule has 0 aliphatic rings. The third kappa shape index (κ3) is 12.0. The van der Waals surface area contributed by atoms with E-state index < -0.39 is 110 Å². The summed E-state index contributed by atoms with van der Waals surface area (Å²) >= 11 is 0. The van der Waals surface area contributed by atoms with Crippen molar-refractivity contribution in [3.05, 3.63) is 202 Å². The highest BCUT2D eigenvalue weighted by Gasteiger charge is 2.74. The minimum absolute atomic E-state index is 0.0363. The lowest BCUT2D eigenvalue weighted by molar-refractivity contribution is -0.290. The normalized spacial score (nSPS) is 12.1. The minimum atomic E-state index is -6.10. The van der Waals surface area contributed by atoms with E-state index in [1.807, 2.05) is 19.2 Å². The topological polar surface area (TPSA) is 166 Å². The van der Waals surface area contributed by atoms with Gasteiger partial charge in [0.15, 0.2) is 0 Å². The van der Waals surface area contributed by atoms with Gasteiger partial charge in [-0.1, -0.05) is 68.4 Å². The Labute approximate surface area is 448 Å². The van der Waals surface area contributed by atoms with Gasteiger partial charge >= 0.3 is 24.7 Å². The number of aryl methyl sites for hydroxylation is 2. The van der Waals surface area contributed by atoms with Gasteiger partial charge in [-0.25, -0.2) is 0 Å². The van der Waals surface area contributed by atoms with Gasteiger partial charge in [-0.05, 0) is 144 Å². The third-order valence-corrected chi connectivity index (χ3v) is 12.5. The lowest BCUT2D eigenvalue weighted by Gasteiger charge is -2.39. The van der Waals surface area contributed by atoms with Gasteiger partial charge in [0.1, 0.15) is 23.0 Å². The van der Waals surface area contributed by atoms with Gasteiger partial charge in [-0.2, -0.15) is 52.7 Å². The van der Waals surface area contributed by atoms with Crippen LogP contribution in [-0.2, 0) is 15.6 Å². The van der Waals surface area contributed by atoms with Crippen molar-refractivity contribution in [3.8, 4) is 23.0 Å². The van der Waals surface area contributed by atoms with Crippen LogP contribution in [0.15, 0.2) is 152 Å². The van der Waals surface area contributed by atoms with E-state index in [-0.39, 0.29) is 45.0 Å². The Morgan fingerprint density at radius 2 is 0.675 bits per heavy atom. The van der Waals surface area contributed by atoms with E-state index in [0.717, 1.165) is 31.2 Å². The number of amides is 4. The van der Waals surface area contributed by atoms with E-state index in [1.54, 1.807) is 6.07 Å². The van der Waals surface area contributed by atoms with Crippen LogP contribution in [0.25, 0.3) is 0 Å². The summed E-state index contributed by atoms with van der Waals surface area (Å²) in [7, 11) is 0. The Morgan fingerprint density at radius 3 is 1.00 bits per heavy atom. The molecule has 7 aromatic carbocycles. The van der Waals surface area contributed by atoms with E-state index in [2.05, 4.69) is 16.0 Å². The Bertz CT molecular complexity index is 3390. The van der Waals surface area contributed by atoms with Crippen molar-refractivity contribution in [2.75, 3.05) is 21.3 Å². The molecule has 0 bridgehead atoms. The number of carbonyl (C=O) groups excluding carboxylic acids is 4. The fourth-order valence-electron chi connectivity index (χ4n) is 8.53. The molecule has 0 saturated heterocycles. The lowest BCUT2D eigenvalue weighted by atomic mass is 9.72. The summed E-state index contributed by atoms with van der Waals surface area (Å²) in [5.41, 5.74) is -17.6. The zero-order valence-corrected chi connectivity index (χ0v) is 42.4. The van der Waals surface area contributed by atoms with E-state index in [0.29, 0.717) is 60.7 Å². The molecular weight excluding hydrogens is 1080 g/mol. The number of hydrogen-bond acceptors (Lipinski definition) is 7. The van der Waals surface area contributed by atoms with Crippen molar-refractivity contribution < 1.29 is 86.8 Å². The molecule has 4 amide bonds. The molecule has 7 aromatic rings. The molecule has 0 saturated carbocycles. The molecule has 0 unspecified atom stereocenters. The van der Waals surface area contributed by atoms with Gasteiger partial charge in [0.05, 0.1) is 11.4 Å². The molecule has 0 aliphatic heterocycles. The minimum Gasteiger partial charge on any atom is -0.506 e. The standard InChI is InChI=1S/C55H40F12N4O7.C2H6/c1-29-9-16-36(25-41(29)69-47(75)32-7-5-4-6-8-32)51(54(62,63)64,55(65,66)67)38-18-24-46(74)44(28-38)71-49(77)34-13-21-40(22-14-34)78-39-19-11-33(12-20-39)48(76)70-42-26-35(15-10-30(42)2)50(52(56,57)58,53(59,60)61)37-17-23-45(73)43(27-37)68-31(3)72;1-2/h4-28,73-74H,1-3H3,(H,68,72)(H,69,75)(H,70,76)(H,71,77);1-2H3. The largest absolute Gasteiger partial charge is 0.506 e. The molecule has 6 N–H and O–H groups in total. The molecule has 80 heavy (non-hydrogen) atoms. The summed E-state index contributed by atoms with van der Waals surface area (Å²) in [6.07, 6.45) is -24.4. The highest BCUT2D eigenvalue weighted by Crippen LogP contribution is 2.59. The van der Waals surface area contributed by atoms with E-state index in [1.165, 1.54) is 74.5 Å². The number of rotatable bonds is 13. The van der Waals surface area contributed by atoms with Gasteiger partial charge in [-0.3, -0.25) is 19.2 Å². The van der Waals surface area contributed by atoms with Crippen LogP contribution in [-0.4, -0.2) is 58.5 Å². The smallest absolute Gasteiger partial charge is 0.411 e. The van der Waals surface area contributed by atoms with E-state index in [4.69, 9.17) is 4.74 Å². The molecule has 420 valence electrons. The molecule has 7 rings (SSSR count).